The molecule has 1 saturated carbocycles. The van der Waals surface area contributed by atoms with E-state index in [1.165, 1.54) is 6.42 Å². The molecule has 78 valence electrons. The number of hydrogen-bond acceptors (Lipinski definition) is 1. The maximum atomic E-state index is 10.8. The van der Waals surface area contributed by atoms with Crippen molar-refractivity contribution in [2.75, 3.05) is 0 Å². The second-order valence-corrected chi connectivity index (χ2v) is 5.72. The summed E-state index contributed by atoms with van der Waals surface area (Å²) >= 11 is 0. The van der Waals surface area contributed by atoms with Crippen molar-refractivity contribution in [3.8, 4) is 0 Å². The summed E-state index contributed by atoms with van der Waals surface area (Å²) in [5.74, 6) is 1.69. The van der Waals surface area contributed by atoms with Gasteiger partial charge in [0.05, 0.1) is 0 Å². The maximum Gasteiger partial charge on any atom is 0.123 e. The van der Waals surface area contributed by atoms with Crippen molar-refractivity contribution < 1.29 is 4.79 Å². The predicted octanol–water partition coefficient (Wildman–Crippen LogP) is 3.20. The van der Waals surface area contributed by atoms with Gasteiger partial charge in [-0.25, -0.2) is 0 Å². The van der Waals surface area contributed by atoms with E-state index in [4.69, 9.17) is 0 Å². The summed E-state index contributed by atoms with van der Waals surface area (Å²) in [4.78, 5) is 10.8. The number of fused-ring (bicyclic) bond motifs is 1. The summed E-state index contributed by atoms with van der Waals surface area (Å²) in [5.41, 5.74) is 2.04. The van der Waals surface area contributed by atoms with Gasteiger partial charge in [0.1, 0.15) is 6.29 Å². The molecule has 3 unspecified atom stereocenters. The molecule has 2 aliphatic carbocycles. The number of carbonyl (C=O) groups is 1. The molecule has 0 N–H and O–H groups in total. The fourth-order valence-electron chi connectivity index (χ4n) is 3.44. The molecule has 0 amide bonds. The average Bonchev–Trinajstić information content (AvgIpc) is 2.37. The Morgan fingerprint density at radius 3 is 2.86 bits per heavy atom. The lowest BCUT2D eigenvalue weighted by molar-refractivity contribution is -0.111. The quantitative estimate of drug-likeness (QED) is 0.460. The topological polar surface area (TPSA) is 17.1 Å². The number of aldehydes is 1. The van der Waals surface area contributed by atoms with Crippen LogP contribution in [0.2, 0.25) is 0 Å². The van der Waals surface area contributed by atoms with Crippen molar-refractivity contribution in [3.05, 3.63) is 11.6 Å². The Balaban J connectivity index is 2.27. The van der Waals surface area contributed by atoms with Crippen LogP contribution in [0.4, 0.5) is 0 Å². The zero-order valence-corrected chi connectivity index (χ0v) is 9.42. The molecule has 2 aliphatic rings. The minimum Gasteiger partial charge on any atom is -0.303 e. The van der Waals surface area contributed by atoms with Crippen molar-refractivity contribution in [2.45, 2.75) is 40.0 Å². The first-order chi connectivity index (χ1) is 6.54. The monoisotopic (exact) mass is 192 g/mol. The van der Waals surface area contributed by atoms with Crippen molar-refractivity contribution in [1.82, 2.24) is 0 Å². The Hall–Kier alpha value is -0.590. The molecule has 2 rings (SSSR count). The minimum atomic E-state index is 0.285. The standard InChI is InChI=1S/C13H20O/c1-9-7-13(2,3)12-6-10(8-14)4-5-11(9)12/h5,8-10,12H,4,6-7H2,1-3H3. The molecule has 0 aliphatic heterocycles. The first-order valence-corrected chi connectivity index (χ1v) is 5.70. The van der Waals surface area contributed by atoms with Gasteiger partial charge in [0.2, 0.25) is 0 Å². The lowest BCUT2D eigenvalue weighted by atomic mass is 9.72. The Morgan fingerprint density at radius 2 is 2.21 bits per heavy atom. The molecule has 14 heavy (non-hydrogen) atoms. The van der Waals surface area contributed by atoms with Gasteiger partial charge in [-0.05, 0) is 36.5 Å². The van der Waals surface area contributed by atoms with Crippen LogP contribution >= 0.6 is 0 Å². The minimum absolute atomic E-state index is 0.285. The summed E-state index contributed by atoms with van der Waals surface area (Å²) in [6.45, 7) is 7.03. The molecular weight excluding hydrogens is 172 g/mol. The molecule has 0 saturated heterocycles. The molecule has 0 heterocycles. The van der Waals surface area contributed by atoms with Crippen molar-refractivity contribution in [1.29, 1.82) is 0 Å². The van der Waals surface area contributed by atoms with Gasteiger partial charge >= 0.3 is 0 Å². The molecule has 1 heteroatoms. The molecule has 0 bridgehead atoms. The Morgan fingerprint density at radius 1 is 1.50 bits per heavy atom. The number of hydrogen-bond donors (Lipinski definition) is 0. The van der Waals surface area contributed by atoms with Crippen LogP contribution < -0.4 is 0 Å². The van der Waals surface area contributed by atoms with Gasteiger partial charge in [-0.1, -0.05) is 32.4 Å². The van der Waals surface area contributed by atoms with E-state index in [1.807, 2.05) is 0 Å². The number of rotatable bonds is 1. The van der Waals surface area contributed by atoms with Crippen LogP contribution in [0, 0.1) is 23.2 Å². The summed E-state index contributed by atoms with van der Waals surface area (Å²) in [7, 11) is 0. The van der Waals surface area contributed by atoms with Crippen LogP contribution in [0.15, 0.2) is 11.6 Å². The maximum absolute atomic E-state index is 10.8. The zero-order valence-electron chi connectivity index (χ0n) is 9.42. The van der Waals surface area contributed by atoms with Crippen LogP contribution in [-0.4, -0.2) is 6.29 Å². The third-order valence-corrected chi connectivity index (χ3v) is 4.13. The Kier molecular flexibility index (Phi) is 2.29. The molecule has 1 fully saturated rings. The lowest BCUT2D eigenvalue weighted by Crippen LogP contribution is -2.24. The van der Waals surface area contributed by atoms with Gasteiger partial charge in [0, 0.05) is 5.92 Å². The molecule has 0 spiro atoms. The third-order valence-electron chi connectivity index (χ3n) is 4.13. The zero-order chi connectivity index (χ0) is 10.3. The van der Waals surface area contributed by atoms with Crippen LogP contribution in [0.3, 0.4) is 0 Å². The molecule has 1 nitrogen and oxygen atoms in total. The van der Waals surface area contributed by atoms with Gasteiger partial charge in [-0.3, -0.25) is 0 Å². The van der Waals surface area contributed by atoms with E-state index in [0.717, 1.165) is 25.0 Å². The molecule has 0 aromatic heterocycles. The van der Waals surface area contributed by atoms with Crippen molar-refractivity contribution >= 4 is 6.29 Å². The highest BCUT2D eigenvalue weighted by Crippen LogP contribution is 2.53. The highest BCUT2D eigenvalue weighted by molar-refractivity contribution is 5.55. The Labute approximate surface area is 86.6 Å². The fourth-order valence-corrected chi connectivity index (χ4v) is 3.44. The van der Waals surface area contributed by atoms with E-state index in [1.54, 1.807) is 5.57 Å². The summed E-state index contributed by atoms with van der Waals surface area (Å²) in [6, 6.07) is 0. The summed E-state index contributed by atoms with van der Waals surface area (Å²) in [6.07, 6.45) is 6.84. The average molecular weight is 192 g/mol. The van der Waals surface area contributed by atoms with E-state index >= 15 is 0 Å². The van der Waals surface area contributed by atoms with Crippen LogP contribution in [0.25, 0.3) is 0 Å². The number of carbonyl (C=O) groups excluding carboxylic acids is 1. The molecule has 0 radical (unpaired) electrons. The smallest absolute Gasteiger partial charge is 0.123 e. The molecule has 0 aromatic carbocycles. The van der Waals surface area contributed by atoms with Gasteiger partial charge in [-0.15, -0.1) is 0 Å². The predicted molar refractivity (Wildman–Crippen MR) is 57.9 cm³/mol. The van der Waals surface area contributed by atoms with E-state index in [-0.39, 0.29) is 5.92 Å². The highest BCUT2D eigenvalue weighted by Gasteiger charge is 2.44. The van der Waals surface area contributed by atoms with Crippen LogP contribution in [0.5, 0.6) is 0 Å². The summed E-state index contributed by atoms with van der Waals surface area (Å²) in [5, 5.41) is 0. The van der Waals surface area contributed by atoms with Gasteiger partial charge in [-0.2, -0.15) is 0 Å². The molecular formula is C13H20O. The highest BCUT2D eigenvalue weighted by atomic mass is 16.1. The fraction of sp³-hybridized carbons (Fsp3) is 0.769. The van der Waals surface area contributed by atoms with E-state index in [9.17, 15) is 4.79 Å². The van der Waals surface area contributed by atoms with E-state index in [2.05, 4.69) is 26.8 Å². The van der Waals surface area contributed by atoms with Crippen LogP contribution in [0.1, 0.15) is 40.0 Å². The second-order valence-electron chi connectivity index (χ2n) is 5.72. The van der Waals surface area contributed by atoms with Gasteiger partial charge in [0.15, 0.2) is 0 Å². The van der Waals surface area contributed by atoms with Gasteiger partial charge < -0.3 is 4.79 Å². The van der Waals surface area contributed by atoms with Crippen LogP contribution in [-0.2, 0) is 4.79 Å². The first kappa shape index (κ1) is 9.95. The van der Waals surface area contributed by atoms with Gasteiger partial charge in [0.25, 0.3) is 0 Å². The molecule has 3 atom stereocenters. The normalized spacial score (nSPS) is 40.2. The lowest BCUT2D eigenvalue weighted by Gasteiger charge is -2.32. The summed E-state index contributed by atoms with van der Waals surface area (Å²) < 4.78 is 0. The van der Waals surface area contributed by atoms with E-state index in [0.29, 0.717) is 11.3 Å². The Bertz CT molecular complexity index is 275. The third kappa shape index (κ3) is 1.43. The largest absolute Gasteiger partial charge is 0.303 e. The van der Waals surface area contributed by atoms with Crippen molar-refractivity contribution in [3.63, 3.8) is 0 Å². The van der Waals surface area contributed by atoms with Crippen molar-refractivity contribution in [2.24, 2.45) is 23.2 Å². The van der Waals surface area contributed by atoms with E-state index < -0.39 is 0 Å². The second kappa shape index (κ2) is 3.22. The number of allylic oxidation sites excluding steroid dienone is 2. The molecule has 0 aromatic rings. The first-order valence-electron chi connectivity index (χ1n) is 5.70. The SMILES string of the molecule is CC1CC(C)(C)C2CC(C=O)CC=C12.